The summed E-state index contributed by atoms with van der Waals surface area (Å²) < 4.78 is 8.53. The molecule has 0 saturated heterocycles. The number of ether oxygens (including phenoxy) is 1. The maximum Gasteiger partial charge on any atom is 0.311 e. The van der Waals surface area contributed by atoms with Crippen LogP contribution in [0.1, 0.15) is 34.4 Å². The van der Waals surface area contributed by atoms with Crippen molar-refractivity contribution >= 4 is 11.8 Å². The fourth-order valence-electron chi connectivity index (χ4n) is 2.50. The number of aromatic nitrogens is 2. The smallest absolute Gasteiger partial charge is 0.311 e. The first kappa shape index (κ1) is 15.1. The SMILES string of the molecule is CCOC(=O)Cc1cc(C)c(C(=O)c2cccn2C)n1C. The Morgan fingerprint density at radius 3 is 2.57 bits per heavy atom. The molecule has 0 aromatic carbocycles. The summed E-state index contributed by atoms with van der Waals surface area (Å²) in [5.41, 5.74) is 2.88. The van der Waals surface area contributed by atoms with Crippen molar-refractivity contribution in [2.75, 3.05) is 6.61 Å². The molecule has 5 heteroatoms. The van der Waals surface area contributed by atoms with Gasteiger partial charge in [0.25, 0.3) is 0 Å². The van der Waals surface area contributed by atoms with Gasteiger partial charge in [-0.25, -0.2) is 0 Å². The largest absolute Gasteiger partial charge is 0.466 e. The third-order valence-electron chi connectivity index (χ3n) is 3.55. The maximum absolute atomic E-state index is 12.6. The lowest BCUT2D eigenvalue weighted by molar-refractivity contribution is -0.142. The third kappa shape index (κ3) is 2.91. The number of hydrogen-bond acceptors (Lipinski definition) is 3. The Hall–Kier alpha value is -2.30. The molecule has 0 bridgehead atoms. The van der Waals surface area contributed by atoms with Gasteiger partial charge in [0.05, 0.1) is 24.4 Å². The van der Waals surface area contributed by atoms with Crippen molar-refractivity contribution in [3.8, 4) is 0 Å². The van der Waals surface area contributed by atoms with E-state index in [0.29, 0.717) is 18.0 Å². The van der Waals surface area contributed by atoms with E-state index < -0.39 is 0 Å². The highest BCUT2D eigenvalue weighted by Crippen LogP contribution is 2.19. The molecule has 2 rings (SSSR count). The average molecular weight is 288 g/mol. The summed E-state index contributed by atoms with van der Waals surface area (Å²) in [5.74, 6) is -0.325. The number of nitrogens with zero attached hydrogens (tertiary/aromatic N) is 2. The van der Waals surface area contributed by atoms with E-state index in [2.05, 4.69) is 0 Å². The molecular formula is C16H20N2O3. The van der Waals surface area contributed by atoms with Crippen LogP contribution in [-0.2, 0) is 30.0 Å². The van der Waals surface area contributed by atoms with E-state index >= 15 is 0 Å². The van der Waals surface area contributed by atoms with Gasteiger partial charge in [-0.05, 0) is 37.6 Å². The molecular weight excluding hydrogens is 268 g/mol. The van der Waals surface area contributed by atoms with E-state index in [4.69, 9.17) is 4.74 Å². The van der Waals surface area contributed by atoms with Crippen LogP contribution in [0.25, 0.3) is 0 Å². The molecule has 21 heavy (non-hydrogen) atoms. The molecule has 112 valence electrons. The van der Waals surface area contributed by atoms with Crippen LogP contribution in [0.4, 0.5) is 0 Å². The van der Waals surface area contributed by atoms with Crippen LogP contribution in [0.5, 0.6) is 0 Å². The van der Waals surface area contributed by atoms with Gasteiger partial charge in [0.15, 0.2) is 0 Å². The molecule has 0 saturated carbocycles. The van der Waals surface area contributed by atoms with Gasteiger partial charge >= 0.3 is 5.97 Å². The predicted octanol–water partition coefficient (Wildman–Crippen LogP) is 2.01. The van der Waals surface area contributed by atoms with Crippen molar-refractivity contribution in [2.24, 2.45) is 14.1 Å². The van der Waals surface area contributed by atoms with Crippen LogP contribution in [0, 0.1) is 6.92 Å². The quantitative estimate of drug-likeness (QED) is 0.624. The van der Waals surface area contributed by atoms with E-state index in [1.807, 2.05) is 32.3 Å². The topological polar surface area (TPSA) is 53.2 Å². The number of aryl methyl sites for hydroxylation is 2. The summed E-state index contributed by atoms with van der Waals surface area (Å²) in [4.78, 5) is 24.3. The molecule has 0 aliphatic carbocycles. The molecule has 5 nitrogen and oxygen atoms in total. The lowest BCUT2D eigenvalue weighted by atomic mass is 10.1. The van der Waals surface area contributed by atoms with Crippen molar-refractivity contribution in [1.29, 1.82) is 0 Å². The zero-order valence-corrected chi connectivity index (χ0v) is 12.8. The fraction of sp³-hybridized carbons (Fsp3) is 0.375. The second-order valence-corrected chi connectivity index (χ2v) is 5.04. The van der Waals surface area contributed by atoms with E-state index in [-0.39, 0.29) is 18.2 Å². The van der Waals surface area contributed by atoms with Gasteiger partial charge in [0.2, 0.25) is 5.78 Å². The van der Waals surface area contributed by atoms with Crippen LogP contribution in [-0.4, -0.2) is 27.5 Å². The Labute approximate surface area is 124 Å². The fourth-order valence-corrected chi connectivity index (χ4v) is 2.50. The number of carbonyl (C=O) groups is 2. The molecule has 2 aromatic rings. The number of rotatable bonds is 5. The molecule has 0 unspecified atom stereocenters. The minimum atomic E-state index is -0.282. The standard InChI is InChI=1S/C16H20N2O3/c1-5-21-14(19)10-12-9-11(2)15(18(12)4)16(20)13-7-6-8-17(13)3/h6-9H,5,10H2,1-4H3. The highest BCUT2D eigenvalue weighted by Gasteiger charge is 2.21. The summed E-state index contributed by atoms with van der Waals surface area (Å²) in [7, 11) is 3.64. The summed E-state index contributed by atoms with van der Waals surface area (Å²) in [6.07, 6.45) is 2.01. The minimum absolute atomic E-state index is 0.0439. The van der Waals surface area contributed by atoms with Crippen molar-refractivity contribution in [3.63, 3.8) is 0 Å². The van der Waals surface area contributed by atoms with Crippen LogP contribution in [0.15, 0.2) is 24.4 Å². The number of esters is 1. The van der Waals surface area contributed by atoms with Gasteiger partial charge < -0.3 is 13.9 Å². The summed E-state index contributed by atoms with van der Waals surface area (Å²) >= 11 is 0. The third-order valence-corrected chi connectivity index (χ3v) is 3.55. The van der Waals surface area contributed by atoms with Crippen molar-refractivity contribution in [2.45, 2.75) is 20.3 Å². The highest BCUT2D eigenvalue weighted by molar-refractivity contribution is 6.08. The van der Waals surface area contributed by atoms with Gasteiger partial charge in [0, 0.05) is 26.0 Å². The Kier molecular flexibility index (Phi) is 4.31. The maximum atomic E-state index is 12.6. The molecule has 0 fully saturated rings. The first-order valence-electron chi connectivity index (χ1n) is 6.92. The van der Waals surface area contributed by atoms with Crippen LogP contribution < -0.4 is 0 Å². The Morgan fingerprint density at radius 2 is 2.00 bits per heavy atom. The average Bonchev–Trinajstić information content (AvgIpc) is 2.94. The summed E-state index contributed by atoms with van der Waals surface area (Å²) in [6, 6.07) is 5.50. The van der Waals surface area contributed by atoms with Gasteiger partial charge in [0.1, 0.15) is 0 Å². The Balaban J connectivity index is 2.34. The molecule has 0 atom stereocenters. The Morgan fingerprint density at radius 1 is 1.29 bits per heavy atom. The zero-order chi connectivity index (χ0) is 15.6. The van der Waals surface area contributed by atoms with Crippen molar-refractivity contribution < 1.29 is 14.3 Å². The Bertz CT molecular complexity index is 680. The van der Waals surface area contributed by atoms with Gasteiger partial charge in [-0.2, -0.15) is 0 Å². The first-order valence-corrected chi connectivity index (χ1v) is 6.92. The molecule has 2 aromatic heterocycles. The molecule has 0 amide bonds. The first-order chi connectivity index (χ1) is 9.95. The number of carbonyl (C=O) groups excluding carboxylic acids is 2. The predicted molar refractivity (Wildman–Crippen MR) is 79.3 cm³/mol. The normalized spacial score (nSPS) is 10.7. The molecule has 0 aliphatic heterocycles. The number of ketones is 1. The van der Waals surface area contributed by atoms with E-state index in [9.17, 15) is 9.59 Å². The molecule has 0 radical (unpaired) electrons. The second-order valence-electron chi connectivity index (χ2n) is 5.04. The van der Waals surface area contributed by atoms with Crippen molar-refractivity contribution in [3.05, 3.63) is 47.0 Å². The zero-order valence-electron chi connectivity index (χ0n) is 12.8. The monoisotopic (exact) mass is 288 g/mol. The lowest BCUT2D eigenvalue weighted by Crippen LogP contribution is -2.15. The van der Waals surface area contributed by atoms with E-state index in [1.54, 1.807) is 29.2 Å². The number of hydrogen-bond donors (Lipinski definition) is 0. The van der Waals surface area contributed by atoms with Crippen LogP contribution in [0.2, 0.25) is 0 Å². The molecule has 0 aliphatic rings. The molecule has 0 N–H and O–H groups in total. The lowest BCUT2D eigenvalue weighted by Gasteiger charge is -2.08. The van der Waals surface area contributed by atoms with Crippen LogP contribution >= 0.6 is 0 Å². The minimum Gasteiger partial charge on any atom is -0.466 e. The van der Waals surface area contributed by atoms with Gasteiger partial charge in [-0.1, -0.05) is 0 Å². The van der Waals surface area contributed by atoms with E-state index in [1.165, 1.54) is 0 Å². The summed E-state index contributed by atoms with van der Waals surface area (Å²) in [5, 5.41) is 0. The van der Waals surface area contributed by atoms with Gasteiger partial charge in [-0.3, -0.25) is 9.59 Å². The van der Waals surface area contributed by atoms with Gasteiger partial charge in [-0.15, -0.1) is 0 Å². The second kappa shape index (κ2) is 5.99. The van der Waals surface area contributed by atoms with Crippen molar-refractivity contribution in [1.82, 2.24) is 9.13 Å². The summed E-state index contributed by atoms with van der Waals surface area (Å²) in [6.45, 7) is 4.01. The van der Waals surface area contributed by atoms with Crippen LogP contribution in [0.3, 0.4) is 0 Å². The molecule has 2 heterocycles. The van der Waals surface area contributed by atoms with E-state index in [0.717, 1.165) is 11.3 Å². The highest BCUT2D eigenvalue weighted by atomic mass is 16.5. The molecule has 0 spiro atoms.